The van der Waals surface area contributed by atoms with E-state index >= 15 is 0 Å². The summed E-state index contributed by atoms with van der Waals surface area (Å²) in [6, 6.07) is 3.24. The molecule has 12 heteroatoms. The number of hydrogen-bond acceptors (Lipinski definition) is 6. The Hall–Kier alpha value is -2.47. The number of morpholine rings is 1. The third-order valence-electron chi connectivity index (χ3n) is 6.85. The van der Waals surface area contributed by atoms with Crippen molar-refractivity contribution in [2.45, 2.75) is 44.1 Å². The second-order valence-electron chi connectivity index (χ2n) is 8.81. The molecule has 0 aromatic carbocycles. The van der Waals surface area contributed by atoms with Gasteiger partial charge in [0.1, 0.15) is 6.54 Å². The van der Waals surface area contributed by atoms with E-state index in [1.54, 1.807) is 6.07 Å². The molecule has 7 nitrogen and oxygen atoms in total. The number of anilines is 1. The molecule has 1 saturated heterocycles. The second kappa shape index (κ2) is 8.39. The number of alkyl halides is 5. The number of nitrogens with zero attached hydrogens (tertiary/aromatic N) is 4. The Morgan fingerprint density at radius 3 is 2.48 bits per heavy atom. The van der Waals surface area contributed by atoms with Crippen LogP contribution in [0.4, 0.5) is 27.8 Å². The fraction of sp³-hybridized carbons (Fsp3) is 0.619. The highest BCUT2D eigenvalue weighted by Crippen LogP contribution is 2.64. The Kier molecular flexibility index (Phi) is 5.68. The number of ether oxygens (including phenoxy) is 2. The lowest BCUT2D eigenvalue weighted by Gasteiger charge is -2.33. The molecular formula is C21H24F5N5O2. The molecule has 3 fully saturated rings. The molecule has 0 amide bonds. The van der Waals surface area contributed by atoms with Crippen molar-refractivity contribution < 1.29 is 31.4 Å². The molecule has 2 aromatic heterocycles. The van der Waals surface area contributed by atoms with Crippen LogP contribution < -0.4 is 10.5 Å². The lowest BCUT2D eigenvalue weighted by atomic mass is 10.0. The molecule has 3 aliphatic rings. The molecule has 5 rings (SSSR count). The van der Waals surface area contributed by atoms with Gasteiger partial charge in [-0.2, -0.15) is 5.10 Å². The van der Waals surface area contributed by atoms with Crippen molar-refractivity contribution in [1.29, 1.82) is 0 Å². The topological polar surface area (TPSA) is 78.4 Å². The first kappa shape index (κ1) is 22.3. The van der Waals surface area contributed by atoms with E-state index in [4.69, 9.17) is 10.5 Å². The van der Waals surface area contributed by atoms with E-state index in [1.165, 1.54) is 10.9 Å². The minimum absolute atomic E-state index is 0.120. The third-order valence-corrected chi connectivity index (χ3v) is 6.85. The molecule has 0 bridgehead atoms. The lowest BCUT2D eigenvalue weighted by Crippen LogP contribution is -2.43. The molecule has 2 aliphatic carbocycles. The summed E-state index contributed by atoms with van der Waals surface area (Å²) in [6.45, 7) is 2.71. The van der Waals surface area contributed by atoms with Crippen molar-refractivity contribution in [2.75, 3.05) is 32.0 Å². The highest BCUT2D eigenvalue weighted by molar-refractivity contribution is 5.64. The van der Waals surface area contributed by atoms with E-state index in [-0.39, 0.29) is 17.2 Å². The number of halogens is 5. The molecular weight excluding hydrogens is 449 g/mol. The largest absolute Gasteiger partial charge is 0.573 e. The van der Waals surface area contributed by atoms with Crippen LogP contribution in [-0.4, -0.2) is 64.8 Å². The summed E-state index contributed by atoms with van der Waals surface area (Å²) < 4.78 is 75.1. The Morgan fingerprint density at radius 1 is 1.15 bits per heavy atom. The zero-order valence-corrected chi connectivity index (χ0v) is 17.6. The highest BCUT2D eigenvalue weighted by atomic mass is 19.4. The maximum atomic E-state index is 13.2. The SMILES string of the molecule is Nc1ncc(-c2cc([C@H]3[C@@H]4C[C@H](N5CCOCC5)C[C@@H]43)n(CC(F)F)n2)cc1OC(F)(F)F. The van der Waals surface area contributed by atoms with E-state index in [0.29, 0.717) is 23.6 Å². The van der Waals surface area contributed by atoms with Crippen LogP contribution in [0.3, 0.4) is 0 Å². The maximum Gasteiger partial charge on any atom is 0.573 e. The molecule has 0 unspecified atom stereocenters. The molecule has 33 heavy (non-hydrogen) atoms. The van der Waals surface area contributed by atoms with Crippen LogP contribution in [0.25, 0.3) is 11.3 Å². The number of nitrogen functional groups attached to an aromatic ring is 1. The van der Waals surface area contributed by atoms with Gasteiger partial charge in [-0.15, -0.1) is 13.2 Å². The standard InChI is InChI=1S/C21H24F5N5O2/c22-18(23)10-31-16(19-13-6-12(7-14(13)19)30-1-3-32-4-2-30)8-15(29-31)11-5-17(20(27)28-9-11)33-21(24,25)26/h5,8-9,12-14,18-19H,1-4,6-7,10H2,(H2,27,28)/t12-,13+,14-,19-. The predicted octanol–water partition coefficient (Wildman–Crippen LogP) is 3.52. The average Bonchev–Trinajstić information content (AvgIpc) is 3.09. The molecule has 180 valence electrons. The van der Waals surface area contributed by atoms with E-state index in [1.807, 2.05) is 0 Å². The Bertz CT molecular complexity index is 995. The normalized spacial score (nSPS) is 27.7. The van der Waals surface area contributed by atoms with Crippen molar-refractivity contribution in [3.8, 4) is 17.0 Å². The van der Waals surface area contributed by atoms with Crippen LogP contribution in [-0.2, 0) is 11.3 Å². The van der Waals surface area contributed by atoms with Crippen LogP contribution in [0.5, 0.6) is 5.75 Å². The van der Waals surface area contributed by atoms with Gasteiger partial charge in [-0.3, -0.25) is 9.58 Å². The van der Waals surface area contributed by atoms with Gasteiger partial charge in [0.25, 0.3) is 6.43 Å². The van der Waals surface area contributed by atoms with Gasteiger partial charge in [0, 0.05) is 42.5 Å². The molecule has 0 radical (unpaired) electrons. The number of nitrogens with two attached hydrogens (primary N) is 1. The first-order valence-electron chi connectivity index (χ1n) is 10.9. The Balaban J connectivity index is 1.37. The van der Waals surface area contributed by atoms with Gasteiger partial charge in [0.15, 0.2) is 11.6 Å². The first-order chi connectivity index (χ1) is 15.7. The maximum absolute atomic E-state index is 13.2. The fourth-order valence-corrected chi connectivity index (χ4v) is 5.41. The summed E-state index contributed by atoms with van der Waals surface area (Å²) in [6.07, 6.45) is -4.28. The molecule has 2 aromatic rings. The van der Waals surface area contributed by atoms with E-state index in [0.717, 1.165) is 45.2 Å². The van der Waals surface area contributed by atoms with Gasteiger partial charge < -0.3 is 15.2 Å². The van der Waals surface area contributed by atoms with Crippen LogP contribution in [0.2, 0.25) is 0 Å². The second-order valence-corrected chi connectivity index (χ2v) is 8.81. The number of aromatic nitrogens is 3. The van der Waals surface area contributed by atoms with Crippen molar-refractivity contribution >= 4 is 5.82 Å². The van der Waals surface area contributed by atoms with Crippen molar-refractivity contribution in [1.82, 2.24) is 19.7 Å². The molecule has 1 aliphatic heterocycles. The number of pyridine rings is 1. The monoisotopic (exact) mass is 473 g/mol. The molecule has 2 N–H and O–H groups in total. The summed E-state index contributed by atoms with van der Waals surface area (Å²) in [5.41, 5.74) is 6.67. The van der Waals surface area contributed by atoms with Crippen LogP contribution >= 0.6 is 0 Å². The van der Waals surface area contributed by atoms with Gasteiger partial charge in [0.05, 0.1) is 18.9 Å². The average molecular weight is 473 g/mol. The van der Waals surface area contributed by atoms with Crippen LogP contribution in [0.15, 0.2) is 18.3 Å². The minimum atomic E-state index is -4.93. The summed E-state index contributed by atoms with van der Waals surface area (Å²) in [7, 11) is 0. The summed E-state index contributed by atoms with van der Waals surface area (Å²) in [5.74, 6) is -0.161. The quantitative estimate of drug-likeness (QED) is 0.647. The van der Waals surface area contributed by atoms with Gasteiger partial charge in [-0.25, -0.2) is 13.8 Å². The van der Waals surface area contributed by atoms with E-state index < -0.39 is 30.9 Å². The van der Waals surface area contributed by atoms with Crippen molar-refractivity contribution in [2.24, 2.45) is 11.8 Å². The van der Waals surface area contributed by atoms with E-state index in [9.17, 15) is 22.0 Å². The lowest BCUT2D eigenvalue weighted by molar-refractivity contribution is -0.274. The molecule has 4 atom stereocenters. The van der Waals surface area contributed by atoms with Crippen molar-refractivity contribution in [3.05, 3.63) is 24.0 Å². The summed E-state index contributed by atoms with van der Waals surface area (Å²) >= 11 is 0. The summed E-state index contributed by atoms with van der Waals surface area (Å²) in [4.78, 5) is 6.20. The first-order valence-corrected chi connectivity index (χ1v) is 10.9. The van der Waals surface area contributed by atoms with Crippen LogP contribution in [0.1, 0.15) is 24.5 Å². The molecule has 0 spiro atoms. The van der Waals surface area contributed by atoms with Crippen LogP contribution in [0, 0.1) is 11.8 Å². The number of fused-ring (bicyclic) bond motifs is 1. The number of rotatable bonds is 6. The Morgan fingerprint density at radius 2 is 1.85 bits per heavy atom. The zero-order chi connectivity index (χ0) is 23.3. The zero-order valence-electron chi connectivity index (χ0n) is 17.6. The minimum Gasteiger partial charge on any atom is -0.402 e. The Labute approximate surface area is 186 Å². The third kappa shape index (κ3) is 4.63. The highest BCUT2D eigenvalue weighted by Gasteiger charge is 2.58. The number of hydrogen-bond donors (Lipinski definition) is 1. The smallest absolute Gasteiger partial charge is 0.402 e. The summed E-state index contributed by atoms with van der Waals surface area (Å²) in [5, 5.41) is 4.28. The van der Waals surface area contributed by atoms with Gasteiger partial charge in [-0.05, 0) is 36.8 Å². The fourth-order valence-electron chi connectivity index (χ4n) is 5.41. The molecule has 2 saturated carbocycles. The van der Waals surface area contributed by atoms with Gasteiger partial charge in [0.2, 0.25) is 0 Å². The molecule has 3 heterocycles. The van der Waals surface area contributed by atoms with Crippen molar-refractivity contribution in [3.63, 3.8) is 0 Å². The predicted molar refractivity (Wildman–Crippen MR) is 108 cm³/mol. The van der Waals surface area contributed by atoms with Gasteiger partial charge in [-0.1, -0.05) is 0 Å². The van der Waals surface area contributed by atoms with E-state index in [2.05, 4.69) is 19.7 Å². The van der Waals surface area contributed by atoms with Gasteiger partial charge >= 0.3 is 6.36 Å².